The first kappa shape index (κ1) is 10.7. The van der Waals surface area contributed by atoms with Gasteiger partial charge in [-0.3, -0.25) is 0 Å². The molecule has 5 rings (SSSR count). The van der Waals surface area contributed by atoms with Crippen molar-refractivity contribution in [1.82, 2.24) is 0 Å². The van der Waals surface area contributed by atoms with Gasteiger partial charge in [0.25, 0.3) is 0 Å². The maximum Gasteiger partial charge on any atom is 0.104 e. The van der Waals surface area contributed by atoms with Crippen molar-refractivity contribution in [3.8, 4) is 0 Å². The molecule has 0 radical (unpaired) electrons. The average Bonchev–Trinajstić information content (AvgIpc) is 3.21. The normalized spacial score (nSPS) is 51.5. The average molecular weight is 240 g/mol. The Bertz CT molecular complexity index is 261. The fraction of sp³-hybridized carbons (Fsp3) is 1.00. The second kappa shape index (κ2) is 4.19. The molecule has 0 aromatic heterocycles. The lowest BCUT2D eigenvalue weighted by molar-refractivity contribution is 0.102. The van der Waals surface area contributed by atoms with E-state index >= 15 is 0 Å². The van der Waals surface area contributed by atoms with Gasteiger partial charge in [-0.05, 0) is 31.1 Å². The van der Waals surface area contributed by atoms with Crippen LogP contribution < -0.4 is 0 Å². The van der Waals surface area contributed by atoms with Crippen LogP contribution in [0.2, 0.25) is 0 Å². The van der Waals surface area contributed by atoms with E-state index in [2.05, 4.69) is 0 Å². The van der Waals surface area contributed by atoms with Gasteiger partial charge in [-0.25, -0.2) is 0 Å². The third-order valence-electron chi connectivity index (χ3n) is 4.42. The van der Waals surface area contributed by atoms with Crippen LogP contribution >= 0.6 is 0 Å². The van der Waals surface area contributed by atoms with E-state index in [0.29, 0.717) is 12.2 Å². The van der Waals surface area contributed by atoms with E-state index in [4.69, 9.17) is 18.9 Å². The van der Waals surface area contributed by atoms with Crippen molar-refractivity contribution in [2.75, 3.05) is 26.4 Å². The Balaban J connectivity index is 0.0000000944. The van der Waals surface area contributed by atoms with Gasteiger partial charge in [0, 0.05) is 0 Å². The fourth-order valence-electron chi connectivity index (χ4n) is 3.20. The molecule has 2 saturated carbocycles. The molecule has 3 aliphatic heterocycles. The topological polar surface area (TPSA) is 46.8 Å². The minimum absolute atomic E-state index is 0.392. The summed E-state index contributed by atoms with van der Waals surface area (Å²) in [6, 6.07) is 0. The monoisotopic (exact) mass is 240 g/mol. The highest BCUT2D eigenvalue weighted by Gasteiger charge is 2.59. The summed E-state index contributed by atoms with van der Waals surface area (Å²) in [5.41, 5.74) is 0. The number of ether oxygens (including phenoxy) is 4. The van der Waals surface area contributed by atoms with E-state index in [1.54, 1.807) is 0 Å². The van der Waals surface area contributed by atoms with E-state index in [9.17, 15) is 0 Å². The maximum atomic E-state index is 5.44. The lowest BCUT2D eigenvalue weighted by atomic mass is 10.0. The standard InChI is InChI=1S/C7H10O.C6H10O3/c1-2-5-3-4(1)6-7(5)8-6;1(5-3-8-5)7-2-6-4-9-6/h4-7H,1-3H2;5-6H,1-4H2. The Morgan fingerprint density at radius 3 is 1.76 bits per heavy atom. The van der Waals surface area contributed by atoms with E-state index < -0.39 is 0 Å². The fourth-order valence-corrected chi connectivity index (χ4v) is 3.20. The summed E-state index contributed by atoms with van der Waals surface area (Å²) in [5, 5.41) is 0. The first-order chi connectivity index (χ1) is 8.40. The third-order valence-corrected chi connectivity index (χ3v) is 4.42. The molecule has 6 unspecified atom stereocenters. The largest absolute Gasteiger partial charge is 0.376 e. The highest BCUT2D eigenvalue weighted by molar-refractivity contribution is 5.07. The minimum Gasteiger partial charge on any atom is -0.376 e. The van der Waals surface area contributed by atoms with E-state index in [0.717, 1.165) is 50.5 Å². The number of hydrogen-bond donors (Lipinski definition) is 0. The first-order valence-electron chi connectivity index (χ1n) is 6.86. The second-order valence-electron chi connectivity index (χ2n) is 5.85. The van der Waals surface area contributed by atoms with Crippen molar-refractivity contribution >= 4 is 0 Å². The molecule has 17 heavy (non-hydrogen) atoms. The molecule has 2 aliphatic carbocycles. The summed E-state index contributed by atoms with van der Waals surface area (Å²) in [5.74, 6) is 1.98. The zero-order chi connectivity index (χ0) is 11.2. The van der Waals surface area contributed by atoms with Crippen molar-refractivity contribution in [1.29, 1.82) is 0 Å². The van der Waals surface area contributed by atoms with Crippen LogP contribution in [0, 0.1) is 11.8 Å². The predicted molar refractivity (Wildman–Crippen MR) is 59.8 cm³/mol. The zero-order valence-electron chi connectivity index (χ0n) is 10.0. The Morgan fingerprint density at radius 2 is 1.41 bits per heavy atom. The molecule has 3 saturated heterocycles. The summed E-state index contributed by atoms with van der Waals surface area (Å²) in [7, 11) is 0. The number of epoxide rings is 3. The van der Waals surface area contributed by atoms with E-state index in [1.165, 1.54) is 19.3 Å². The molecular weight excluding hydrogens is 220 g/mol. The zero-order valence-corrected chi connectivity index (χ0v) is 10.0. The van der Waals surface area contributed by atoms with E-state index in [1.807, 2.05) is 0 Å². The van der Waals surface area contributed by atoms with Crippen LogP contribution in [0.3, 0.4) is 0 Å². The molecule has 4 heteroatoms. The van der Waals surface area contributed by atoms with Gasteiger partial charge >= 0.3 is 0 Å². The Morgan fingerprint density at radius 1 is 0.882 bits per heavy atom. The molecule has 6 atom stereocenters. The summed E-state index contributed by atoms with van der Waals surface area (Å²) >= 11 is 0. The van der Waals surface area contributed by atoms with Crippen molar-refractivity contribution in [3.05, 3.63) is 0 Å². The molecule has 5 aliphatic rings. The highest BCUT2D eigenvalue weighted by atomic mass is 16.6. The number of rotatable bonds is 4. The minimum atomic E-state index is 0.392. The maximum absolute atomic E-state index is 5.44. The summed E-state index contributed by atoms with van der Waals surface area (Å²) in [6.07, 6.45) is 6.70. The number of fused-ring (bicyclic) bond motifs is 5. The molecule has 5 fully saturated rings. The number of hydrogen-bond acceptors (Lipinski definition) is 4. The molecule has 0 N–H and O–H groups in total. The Labute approximate surface area is 102 Å². The SMILES string of the molecule is C(OCC1CO1)C1CO1.C1CC2CC1C1OC21. The summed E-state index contributed by atoms with van der Waals surface area (Å²) in [6.45, 7) is 3.26. The Kier molecular flexibility index (Phi) is 2.65. The summed E-state index contributed by atoms with van der Waals surface area (Å²) in [4.78, 5) is 0. The van der Waals surface area contributed by atoms with Gasteiger partial charge < -0.3 is 18.9 Å². The lowest BCUT2D eigenvalue weighted by Crippen LogP contribution is -2.06. The van der Waals surface area contributed by atoms with Crippen LogP contribution in [0.5, 0.6) is 0 Å². The van der Waals surface area contributed by atoms with Gasteiger partial charge in [0.2, 0.25) is 0 Å². The van der Waals surface area contributed by atoms with Gasteiger partial charge in [0.1, 0.15) is 12.2 Å². The third kappa shape index (κ3) is 2.50. The summed E-state index contributed by atoms with van der Waals surface area (Å²) < 4.78 is 20.6. The van der Waals surface area contributed by atoms with Crippen molar-refractivity contribution < 1.29 is 18.9 Å². The first-order valence-corrected chi connectivity index (χ1v) is 6.86. The van der Waals surface area contributed by atoms with Gasteiger partial charge in [-0.15, -0.1) is 0 Å². The lowest BCUT2D eigenvalue weighted by Gasteiger charge is -1.99. The van der Waals surface area contributed by atoms with Crippen molar-refractivity contribution in [3.63, 3.8) is 0 Å². The molecule has 4 nitrogen and oxygen atoms in total. The van der Waals surface area contributed by atoms with Crippen LogP contribution in [0.25, 0.3) is 0 Å². The highest BCUT2D eigenvalue weighted by Crippen LogP contribution is 2.55. The molecule has 0 aromatic carbocycles. The van der Waals surface area contributed by atoms with Crippen LogP contribution in [0.1, 0.15) is 19.3 Å². The van der Waals surface area contributed by atoms with Crippen LogP contribution in [0.4, 0.5) is 0 Å². The molecule has 0 amide bonds. The van der Waals surface area contributed by atoms with Gasteiger partial charge in [0.15, 0.2) is 0 Å². The second-order valence-corrected chi connectivity index (χ2v) is 5.85. The predicted octanol–water partition coefficient (Wildman–Crippen LogP) is 0.984. The quantitative estimate of drug-likeness (QED) is 0.687. The molecule has 2 bridgehead atoms. The smallest absolute Gasteiger partial charge is 0.104 e. The van der Waals surface area contributed by atoms with Crippen molar-refractivity contribution in [2.24, 2.45) is 11.8 Å². The van der Waals surface area contributed by atoms with Gasteiger partial charge in [0.05, 0.1) is 38.6 Å². The van der Waals surface area contributed by atoms with E-state index in [-0.39, 0.29) is 0 Å². The molecule has 3 heterocycles. The molecule has 0 spiro atoms. The van der Waals surface area contributed by atoms with Crippen LogP contribution in [-0.2, 0) is 18.9 Å². The Hall–Kier alpha value is -0.160. The van der Waals surface area contributed by atoms with Crippen molar-refractivity contribution in [2.45, 2.75) is 43.7 Å². The molecular formula is C13H20O4. The van der Waals surface area contributed by atoms with Crippen LogP contribution in [0.15, 0.2) is 0 Å². The molecule has 96 valence electrons. The molecule has 0 aromatic rings. The van der Waals surface area contributed by atoms with Crippen LogP contribution in [-0.4, -0.2) is 50.8 Å². The van der Waals surface area contributed by atoms with Gasteiger partial charge in [-0.2, -0.15) is 0 Å². The van der Waals surface area contributed by atoms with Gasteiger partial charge in [-0.1, -0.05) is 0 Å².